The van der Waals surface area contributed by atoms with Crippen molar-refractivity contribution >= 4 is 23.5 Å². The van der Waals surface area contributed by atoms with E-state index in [-0.39, 0.29) is 0 Å². The first-order valence-corrected chi connectivity index (χ1v) is 6.15. The summed E-state index contributed by atoms with van der Waals surface area (Å²) < 4.78 is 0. The Kier molecular flexibility index (Phi) is 4.19. The van der Waals surface area contributed by atoms with Gasteiger partial charge in [-0.3, -0.25) is 0 Å². The summed E-state index contributed by atoms with van der Waals surface area (Å²) in [5.41, 5.74) is 2.20. The zero-order valence-corrected chi connectivity index (χ0v) is 10.1. The van der Waals surface area contributed by atoms with Crippen LogP contribution in [0.2, 0.25) is 0 Å². The lowest BCUT2D eigenvalue weighted by molar-refractivity contribution is 0.444. The molecule has 0 atom stereocenters. The van der Waals surface area contributed by atoms with Gasteiger partial charge in [0.15, 0.2) is 0 Å². The average molecular weight is 242 g/mol. The van der Waals surface area contributed by atoms with E-state index >= 15 is 0 Å². The SMILES string of the molecule is O=C=Nc1ccc(N=C=O)c(C2CCCCC2)c1. The second kappa shape index (κ2) is 6.06. The van der Waals surface area contributed by atoms with Gasteiger partial charge in [-0.15, -0.1) is 0 Å². The van der Waals surface area contributed by atoms with E-state index in [1.165, 1.54) is 25.3 Å². The van der Waals surface area contributed by atoms with Gasteiger partial charge in [-0.25, -0.2) is 9.59 Å². The van der Waals surface area contributed by atoms with E-state index in [1.807, 2.05) is 6.07 Å². The molecule has 0 unspecified atom stereocenters. The van der Waals surface area contributed by atoms with Crippen LogP contribution < -0.4 is 0 Å². The lowest BCUT2D eigenvalue weighted by Gasteiger charge is -2.23. The van der Waals surface area contributed by atoms with Crippen molar-refractivity contribution in [2.75, 3.05) is 0 Å². The highest BCUT2D eigenvalue weighted by molar-refractivity contribution is 5.61. The van der Waals surface area contributed by atoms with Crippen LogP contribution in [-0.2, 0) is 9.59 Å². The predicted molar refractivity (Wildman–Crippen MR) is 67.8 cm³/mol. The van der Waals surface area contributed by atoms with Crippen LogP contribution in [0.5, 0.6) is 0 Å². The fourth-order valence-electron chi connectivity index (χ4n) is 2.56. The van der Waals surface area contributed by atoms with E-state index in [2.05, 4.69) is 9.98 Å². The van der Waals surface area contributed by atoms with Crippen LogP contribution in [0, 0.1) is 0 Å². The molecule has 0 amide bonds. The topological polar surface area (TPSA) is 58.9 Å². The Morgan fingerprint density at radius 2 is 1.72 bits per heavy atom. The summed E-state index contributed by atoms with van der Waals surface area (Å²) in [6.45, 7) is 0. The summed E-state index contributed by atoms with van der Waals surface area (Å²) in [6, 6.07) is 5.20. The third kappa shape index (κ3) is 2.80. The van der Waals surface area contributed by atoms with Crippen LogP contribution in [0.4, 0.5) is 11.4 Å². The summed E-state index contributed by atoms with van der Waals surface area (Å²) in [5.74, 6) is 0.396. The van der Waals surface area contributed by atoms with Crippen LogP contribution in [0.1, 0.15) is 43.6 Å². The lowest BCUT2D eigenvalue weighted by atomic mass is 9.83. The number of hydrogen-bond donors (Lipinski definition) is 0. The molecule has 0 aliphatic heterocycles. The highest BCUT2D eigenvalue weighted by Gasteiger charge is 2.19. The van der Waals surface area contributed by atoms with Gasteiger partial charge in [-0.2, -0.15) is 9.98 Å². The van der Waals surface area contributed by atoms with Gasteiger partial charge in [0.2, 0.25) is 12.2 Å². The molecule has 4 nitrogen and oxygen atoms in total. The van der Waals surface area contributed by atoms with E-state index in [0.29, 0.717) is 17.3 Å². The normalized spacial score (nSPS) is 15.6. The fraction of sp³-hybridized carbons (Fsp3) is 0.429. The molecular weight excluding hydrogens is 228 g/mol. The number of aliphatic imine (C=N–C) groups is 2. The van der Waals surface area contributed by atoms with E-state index in [0.717, 1.165) is 18.4 Å². The molecular formula is C14H14N2O2. The van der Waals surface area contributed by atoms with Gasteiger partial charge in [-0.05, 0) is 42.5 Å². The summed E-state index contributed by atoms with van der Waals surface area (Å²) >= 11 is 0. The third-order valence-electron chi connectivity index (χ3n) is 3.40. The Morgan fingerprint density at radius 3 is 2.39 bits per heavy atom. The first-order chi connectivity index (χ1) is 8.85. The van der Waals surface area contributed by atoms with Gasteiger partial charge in [0, 0.05) is 0 Å². The second-order valence-electron chi connectivity index (χ2n) is 4.48. The Hall–Kier alpha value is -2.02. The van der Waals surface area contributed by atoms with Crippen molar-refractivity contribution in [3.05, 3.63) is 23.8 Å². The van der Waals surface area contributed by atoms with Gasteiger partial charge in [-0.1, -0.05) is 19.3 Å². The number of carbonyl (C=O) groups excluding carboxylic acids is 2. The van der Waals surface area contributed by atoms with E-state index < -0.39 is 0 Å². The molecule has 2 rings (SSSR count). The summed E-state index contributed by atoms with van der Waals surface area (Å²) in [5, 5.41) is 0. The maximum atomic E-state index is 10.4. The Balaban J connectivity index is 2.41. The van der Waals surface area contributed by atoms with E-state index in [9.17, 15) is 9.59 Å². The van der Waals surface area contributed by atoms with Gasteiger partial charge < -0.3 is 0 Å². The molecule has 92 valence electrons. The van der Waals surface area contributed by atoms with E-state index in [1.54, 1.807) is 18.2 Å². The minimum Gasteiger partial charge on any atom is -0.211 e. The van der Waals surface area contributed by atoms with Crippen molar-refractivity contribution < 1.29 is 9.59 Å². The van der Waals surface area contributed by atoms with Gasteiger partial charge in [0.05, 0.1) is 11.4 Å². The molecule has 1 aliphatic carbocycles. The zero-order chi connectivity index (χ0) is 12.8. The minimum atomic E-state index is 0.396. The van der Waals surface area contributed by atoms with Crippen molar-refractivity contribution in [1.82, 2.24) is 0 Å². The summed E-state index contributed by atoms with van der Waals surface area (Å²) in [4.78, 5) is 28.1. The van der Waals surface area contributed by atoms with Crippen LogP contribution in [0.25, 0.3) is 0 Å². The molecule has 0 N–H and O–H groups in total. The largest absolute Gasteiger partial charge is 0.240 e. The molecule has 1 saturated carbocycles. The number of isocyanates is 2. The van der Waals surface area contributed by atoms with Crippen LogP contribution in [0.3, 0.4) is 0 Å². The highest BCUT2D eigenvalue weighted by Crippen LogP contribution is 2.39. The Bertz CT molecular complexity index is 521. The molecule has 18 heavy (non-hydrogen) atoms. The van der Waals surface area contributed by atoms with Crippen LogP contribution in [-0.4, -0.2) is 12.2 Å². The lowest BCUT2D eigenvalue weighted by Crippen LogP contribution is -2.04. The molecule has 0 aromatic heterocycles. The Morgan fingerprint density at radius 1 is 1.00 bits per heavy atom. The average Bonchev–Trinajstić information content (AvgIpc) is 2.42. The molecule has 0 bridgehead atoms. The molecule has 0 saturated heterocycles. The molecule has 1 aromatic rings. The zero-order valence-electron chi connectivity index (χ0n) is 10.1. The van der Waals surface area contributed by atoms with Gasteiger partial charge in [0.25, 0.3) is 0 Å². The number of rotatable bonds is 3. The molecule has 0 radical (unpaired) electrons. The van der Waals surface area contributed by atoms with Crippen LogP contribution >= 0.6 is 0 Å². The molecule has 4 heteroatoms. The van der Waals surface area contributed by atoms with Crippen molar-refractivity contribution in [3.63, 3.8) is 0 Å². The quantitative estimate of drug-likeness (QED) is 0.599. The van der Waals surface area contributed by atoms with Crippen LogP contribution in [0.15, 0.2) is 28.2 Å². The smallest absolute Gasteiger partial charge is 0.211 e. The maximum Gasteiger partial charge on any atom is 0.240 e. The number of hydrogen-bond acceptors (Lipinski definition) is 4. The summed E-state index contributed by atoms with van der Waals surface area (Å²) in [7, 11) is 0. The third-order valence-corrected chi connectivity index (χ3v) is 3.40. The molecule has 1 fully saturated rings. The highest BCUT2D eigenvalue weighted by atomic mass is 16.1. The fourth-order valence-corrected chi connectivity index (χ4v) is 2.56. The van der Waals surface area contributed by atoms with Gasteiger partial charge >= 0.3 is 0 Å². The Labute approximate surface area is 105 Å². The van der Waals surface area contributed by atoms with Crippen molar-refractivity contribution in [2.24, 2.45) is 9.98 Å². The molecule has 1 aliphatic rings. The molecule has 0 heterocycles. The standard InChI is InChI=1S/C14H14N2O2/c17-9-15-12-6-7-14(16-10-18)13(8-12)11-4-2-1-3-5-11/h6-8,11H,1-5H2. The molecule has 1 aromatic carbocycles. The van der Waals surface area contributed by atoms with Crippen molar-refractivity contribution in [3.8, 4) is 0 Å². The number of benzene rings is 1. The first kappa shape index (κ1) is 12.4. The number of nitrogens with zero attached hydrogens (tertiary/aromatic N) is 2. The minimum absolute atomic E-state index is 0.396. The van der Waals surface area contributed by atoms with Gasteiger partial charge in [0.1, 0.15) is 0 Å². The molecule has 0 spiro atoms. The monoisotopic (exact) mass is 242 g/mol. The van der Waals surface area contributed by atoms with E-state index in [4.69, 9.17) is 0 Å². The van der Waals surface area contributed by atoms with Crippen molar-refractivity contribution in [1.29, 1.82) is 0 Å². The first-order valence-electron chi connectivity index (χ1n) is 6.15. The summed E-state index contributed by atoms with van der Waals surface area (Å²) in [6.07, 6.45) is 8.94. The second-order valence-corrected chi connectivity index (χ2v) is 4.48. The maximum absolute atomic E-state index is 10.4. The predicted octanol–water partition coefficient (Wildman–Crippen LogP) is 3.67. The van der Waals surface area contributed by atoms with Crippen molar-refractivity contribution in [2.45, 2.75) is 38.0 Å².